The van der Waals surface area contributed by atoms with Gasteiger partial charge >= 0.3 is 0 Å². The number of nitrogens with one attached hydrogen (secondary N) is 1. The van der Waals surface area contributed by atoms with Crippen molar-refractivity contribution in [2.24, 2.45) is 0 Å². The van der Waals surface area contributed by atoms with E-state index in [-0.39, 0.29) is 0 Å². The van der Waals surface area contributed by atoms with Crippen LogP contribution in [-0.4, -0.2) is 23.1 Å². The number of hydrogen-bond acceptors (Lipinski definition) is 4. The van der Waals surface area contributed by atoms with Crippen LogP contribution < -0.4 is 10.1 Å². The Labute approximate surface area is 141 Å². The van der Waals surface area contributed by atoms with Gasteiger partial charge in [0.25, 0.3) is 0 Å². The molecule has 4 heteroatoms. The lowest BCUT2D eigenvalue weighted by Gasteiger charge is -2.22. The van der Waals surface area contributed by atoms with E-state index in [0.29, 0.717) is 18.4 Å². The molecule has 1 saturated heterocycles. The van der Waals surface area contributed by atoms with Gasteiger partial charge in [0.2, 0.25) is 5.88 Å². The van der Waals surface area contributed by atoms with Crippen molar-refractivity contribution in [2.45, 2.75) is 25.4 Å². The normalized spacial score (nSPS) is 15.5. The number of fused-ring (bicyclic) bond motifs is 1. The Morgan fingerprint density at radius 1 is 1.04 bits per heavy atom. The van der Waals surface area contributed by atoms with Crippen LogP contribution in [0.1, 0.15) is 30.0 Å². The van der Waals surface area contributed by atoms with Crippen molar-refractivity contribution in [3.63, 3.8) is 0 Å². The first kappa shape index (κ1) is 15.1. The molecule has 1 aliphatic heterocycles. The van der Waals surface area contributed by atoms with Crippen molar-refractivity contribution in [1.29, 1.82) is 0 Å². The molecule has 0 bridgehead atoms. The van der Waals surface area contributed by atoms with Gasteiger partial charge < -0.3 is 10.1 Å². The number of pyridine rings is 2. The number of ether oxygens (including phenoxy) is 1. The molecular weight excluding hydrogens is 298 g/mol. The molecule has 3 aromatic rings. The summed E-state index contributed by atoms with van der Waals surface area (Å²) in [4.78, 5) is 9.10. The average molecular weight is 319 g/mol. The predicted molar refractivity (Wildman–Crippen MR) is 95.2 cm³/mol. The number of nitrogens with zero attached hydrogens (tertiary/aromatic N) is 2. The van der Waals surface area contributed by atoms with E-state index in [1.807, 2.05) is 24.4 Å². The monoisotopic (exact) mass is 319 g/mol. The van der Waals surface area contributed by atoms with Crippen LogP contribution >= 0.6 is 0 Å². The maximum absolute atomic E-state index is 5.92. The second kappa shape index (κ2) is 6.97. The summed E-state index contributed by atoms with van der Waals surface area (Å²) < 4.78 is 5.92. The zero-order valence-electron chi connectivity index (χ0n) is 13.6. The van der Waals surface area contributed by atoms with Crippen molar-refractivity contribution < 1.29 is 4.74 Å². The fourth-order valence-corrected chi connectivity index (χ4v) is 3.22. The minimum absolute atomic E-state index is 0.509. The summed E-state index contributed by atoms with van der Waals surface area (Å²) in [5.41, 5.74) is 3.25. The van der Waals surface area contributed by atoms with Crippen LogP contribution in [-0.2, 0) is 6.61 Å². The van der Waals surface area contributed by atoms with Crippen LogP contribution in [0.4, 0.5) is 0 Å². The number of aromatic nitrogens is 2. The smallest absolute Gasteiger partial charge is 0.213 e. The average Bonchev–Trinajstić information content (AvgIpc) is 2.67. The van der Waals surface area contributed by atoms with E-state index in [1.165, 1.54) is 0 Å². The Balaban J connectivity index is 1.46. The third kappa shape index (κ3) is 3.39. The highest BCUT2D eigenvalue weighted by Gasteiger charge is 2.16. The largest absolute Gasteiger partial charge is 0.473 e. The van der Waals surface area contributed by atoms with Gasteiger partial charge in [-0.1, -0.05) is 24.3 Å². The standard InChI is InChI=1S/C20H21N3O/c1-4-18(17-8-11-21-12-9-17)23-20(5-1)24-14-15-6-7-16-3-2-10-22-19(16)13-15/h1-7,10,13,17,21H,8-9,11-12,14H2. The molecule has 0 spiro atoms. The second-order valence-corrected chi connectivity index (χ2v) is 6.24. The Morgan fingerprint density at radius 2 is 1.96 bits per heavy atom. The maximum atomic E-state index is 5.92. The van der Waals surface area contributed by atoms with E-state index < -0.39 is 0 Å². The second-order valence-electron chi connectivity index (χ2n) is 6.24. The number of benzene rings is 1. The van der Waals surface area contributed by atoms with Crippen molar-refractivity contribution in [1.82, 2.24) is 15.3 Å². The predicted octanol–water partition coefficient (Wildman–Crippen LogP) is 3.68. The Kier molecular flexibility index (Phi) is 4.38. The zero-order chi connectivity index (χ0) is 16.2. The first-order valence-electron chi connectivity index (χ1n) is 8.53. The van der Waals surface area contributed by atoms with Crippen LogP contribution in [0, 0.1) is 0 Å². The lowest BCUT2D eigenvalue weighted by atomic mass is 9.94. The first-order chi connectivity index (χ1) is 11.9. The molecule has 4 nitrogen and oxygen atoms in total. The summed E-state index contributed by atoms with van der Waals surface area (Å²) in [6.45, 7) is 2.65. The summed E-state index contributed by atoms with van der Waals surface area (Å²) in [6.07, 6.45) is 4.11. The van der Waals surface area contributed by atoms with Gasteiger partial charge in [0.15, 0.2) is 0 Å². The molecule has 4 rings (SSSR count). The molecule has 2 aromatic heterocycles. The van der Waals surface area contributed by atoms with E-state index in [1.54, 1.807) is 0 Å². The summed E-state index contributed by atoms with van der Waals surface area (Å²) in [7, 11) is 0. The maximum Gasteiger partial charge on any atom is 0.213 e. The summed E-state index contributed by atoms with van der Waals surface area (Å²) in [5, 5.41) is 4.54. The third-order valence-corrected chi connectivity index (χ3v) is 4.56. The van der Waals surface area contributed by atoms with Crippen LogP contribution in [0.15, 0.2) is 54.7 Å². The molecule has 1 aromatic carbocycles. The lowest BCUT2D eigenvalue weighted by molar-refractivity contribution is 0.291. The molecule has 0 aliphatic carbocycles. The number of piperidine rings is 1. The van der Waals surface area contributed by atoms with Crippen LogP contribution in [0.2, 0.25) is 0 Å². The van der Waals surface area contributed by atoms with E-state index in [2.05, 4.69) is 40.6 Å². The molecule has 0 radical (unpaired) electrons. The van der Waals surface area contributed by atoms with E-state index in [9.17, 15) is 0 Å². The van der Waals surface area contributed by atoms with Crippen molar-refractivity contribution in [3.8, 4) is 5.88 Å². The molecule has 122 valence electrons. The highest BCUT2D eigenvalue weighted by Crippen LogP contribution is 2.25. The lowest BCUT2D eigenvalue weighted by Crippen LogP contribution is -2.27. The van der Waals surface area contributed by atoms with E-state index in [0.717, 1.165) is 48.1 Å². The highest BCUT2D eigenvalue weighted by molar-refractivity contribution is 5.78. The van der Waals surface area contributed by atoms with Gasteiger partial charge in [0, 0.05) is 29.3 Å². The molecular formula is C20H21N3O. The minimum atomic E-state index is 0.509. The fraction of sp³-hybridized carbons (Fsp3) is 0.300. The van der Waals surface area contributed by atoms with Crippen molar-refractivity contribution >= 4 is 10.9 Å². The van der Waals surface area contributed by atoms with Crippen molar-refractivity contribution in [2.75, 3.05) is 13.1 Å². The fourth-order valence-electron chi connectivity index (χ4n) is 3.22. The summed E-state index contributed by atoms with van der Waals surface area (Å²) >= 11 is 0. The zero-order valence-corrected chi connectivity index (χ0v) is 13.6. The van der Waals surface area contributed by atoms with Crippen LogP contribution in [0.25, 0.3) is 10.9 Å². The van der Waals surface area contributed by atoms with Gasteiger partial charge in [0.1, 0.15) is 6.61 Å². The molecule has 0 saturated carbocycles. The SMILES string of the molecule is c1cc(OCc2ccc3cccnc3c2)nc(C2CCNCC2)c1. The number of rotatable bonds is 4. The Bertz CT molecular complexity index is 828. The van der Waals surface area contributed by atoms with Gasteiger partial charge in [-0.2, -0.15) is 0 Å². The van der Waals surface area contributed by atoms with Crippen LogP contribution in [0.5, 0.6) is 5.88 Å². The Hall–Kier alpha value is -2.46. The molecule has 0 unspecified atom stereocenters. The van der Waals surface area contributed by atoms with Gasteiger partial charge in [-0.3, -0.25) is 4.98 Å². The van der Waals surface area contributed by atoms with Crippen LogP contribution in [0.3, 0.4) is 0 Å². The first-order valence-corrected chi connectivity index (χ1v) is 8.53. The number of hydrogen-bond donors (Lipinski definition) is 1. The summed E-state index contributed by atoms with van der Waals surface area (Å²) in [6, 6.07) is 16.4. The summed E-state index contributed by atoms with van der Waals surface area (Å²) in [5.74, 6) is 1.24. The van der Waals surface area contributed by atoms with E-state index in [4.69, 9.17) is 9.72 Å². The molecule has 1 fully saturated rings. The molecule has 1 N–H and O–H groups in total. The van der Waals surface area contributed by atoms with Gasteiger partial charge in [0.05, 0.1) is 5.52 Å². The molecule has 3 heterocycles. The quantitative estimate of drug-likeness (QED) is 0.797. The van der Waals surface area contributed by atoms with Crippen molar-refractivity contribution in [3.05, 3.63) is 66.0 Å². The topological polar surface area (TPSA) is 47.0 Å². The van der Waals surface area contributed by atoms with E-state index >= 15 is 0 Å². The minimum Gasteiger partial charge on any atom is -0.473 e. The molecule has 0 atom stereocenters. The molecule has 1 aliphatic rings. The Morgan fingerprint density at radius 3 is 2.88 bits per heavy atom. The third-order valence-electron chi connectivity index (χ3n) is 4.56. The van der Waals surface area contributed by atoms with Gasteiger partial charge in [-0.25, -0.2) is 4.98 Å². The van der Waals surface area contributed by atoms with Gasteiger partial charge in [-0.15, -0.1) is 0 Å². The molecule has 0 amide bonds. The highest BCUT2D eigenvalue weighted by atomic mass is 16.5. The molecule has 24 heavy (non-hydrogen) atoms. The van der Waals surface area contributed by atoms with Gasteiger partial charge in [-0.05, 0) is 49.7 Å².